The minimum atomic E-state index is -0.702. The second-order valence-electron chi connectivity index (χ2n) is 6.18. The maximum atomic E-state index is 12.3. The third kappa shape index (κ3) is 4.70. The van der Waals surface area contributed by atoms with E-state index >= 15 is 0 Å². The molecule has 1 aromatic heterocycles. The lowest BCUT2D eigenvalue weighted by Gasteiger charge is -2.17. The molecule has 1 atom stereocenters. The smallest absolute Gasteiger partial charge is 0.251 e. The Hall–Kier alpha value is -2.14. The Morgan fingerprint density at radius 3 is 2.86 bits per heavy atom. The maximum absolute atomic E-state index is 12.3. The number of rotatable bonds is 6. The van der Waals surface area contributed by atoms with Crippen molar-refractivity contribution >= 4 is 5.91 Å². The topological polar surface area (TPSA) is 78.0 Å². The van der Waals surface area contributed by atoms with E-state index in [0.717, 1.165) is 17.8 Å². The number of hydrogen-bond acceptors (Lipinski definition) is 3. The molecule has 118 valence electrons. The molecule has 0 fully saturated rings. The van der Waals surface area contributed by atoms with E-state index < -0.39 is 5.60 Å². The highest BCUT2D eigenvalue weighted by atomic mass is 16.3. The molecule has 1 amide bonds. The number of amides is 1. The molecular weight excluding hydrogens is 278 g/mol. The highest BCUT2D eigenvalue weighted by Gasteiger charge is 2.15. The molecule has 0 spiro atoms. The Balaban J connectivity index is 2.01. The summed E-state index contributed by atoms with van der Waals surface area (Å²) in [7, 11) is 0. The van der Waals surface area contributed by atoms with Crippen LogP contribution in [-0.4, -0.2) is 26.6 Å². The monoisotopic (exact) mass is 301 g/mol. The fourth-order valence-corrected chi connectivity index (χ4v) is 2.18. The quantitative estimate of drug-likeness (QED) is 0.767. The van der Waals surface area contributed by atoms with E-state index in [0.29, 0.717) is 12.0 Å². The highest BCUT2D eigenvalue weighted by molar-refractivity contribution is 5.94. The van der Waals surface area contributed by atoms with Gasteiger partial charge in [0.05, 0.1) is 11.6 Å². The van der Waals surface area contributed by atoms with Crippen LogP contribution in [0.5, 0.6) is 0 Å². The van der Waals surface area contributed by atoms with Crippen LogP contribution >= 0.6 is 0 Å². The molecule has 5 heteroatoms. The summed E-state index contributed by atoms with van der Waals surface area (Å²) in [5, 5.41) is 12.7. The van der Waals surface area contributed by atoms with Crippen LogP contribution in [0.15, 0.2) is 36.7 Å². The van der Waals surface area contributed by atoms with Gasteiger partial charge in [0.25, 0.3) is 5.91 Å². The molecule has 2 rings (SSSR count). The Bertz CT molecular complexity index is 615. The number of carbonyl (C=O) groups excluding carboxylic acids is 1. The first-order chi connectivity index (χ1) is 10.3. The number of aliphatic hydroxyl groups is 1. The summed E-state index contributed by atoms with van der Waals surface area (Å²) in [6.07, 6.45) is 4.78. The zero-order valence-electron chi connectivity index (χ0n) is 13.3. The van der Waals surface area contributed by atoms with E-state index in [9.17, 15) is 9.90 Å². The molecule has 1 unspecified atom stereocenters. The van der Waals surface area contributed by atoms with Gasteiger partial charge in [-0.1, -0.05) is 12.1 Å². The zero-order valence-corrected chi connectivity index (χ0v) is 13.3. The summed E-state index contributed by atoms with van der Waals surface area (Å²) in [6.45, 7) is 5.46. The van der Waals surface area contributed by atoms with Crippen LogP contribution in [0.1, 0.15) is 55.0 Å². The first kappa shape index (κ1) is 16.2. The summed E-state index contributed by atoms with van der Waals surface area (Å²) in [5.74, 6) is 0.598. The lowest BCUT2D eigenvalue weighted by Crippen LogP contribution is -2.27. The van der Waals surface area contributed by atoms with Crippen molar-refractivity contribution in [2.24, 2.45) is 0 Å². The predicted octanol–water partition coefficient (Wildman–Crippen LogP) is 2.60. The molecule has 0 saturated heterocycles. The average molecular weight is 301 g/mol. The number of imidazole rings is 1. The van der Waals surface area contributed by atoms with Gasteiger partial charge >= 0.3 is 0 Å². The van der Waals surface area contributed by atoms with Gasteiger partial charge in [-0.05, 0) is 51.3 Å². The molecule has 0 saturated carbocycles. The fraction of sp³-hybridized carbons (Fsp3) is 0.412. The predicted molar refractivity (Wildman–Crippen MR) is 85.5 cm³/mol. The molecule has 5 nitrogen and oxygen atoms in total. The second kappa shape index (κ2) is 6.75. The standard InChI is InChI=1S/C17H23N3O2/c1-12(15-18-9-10-19-15)20-16(21)14-6-4-5-13(11-14)7-8-17(2,3)22/h4-6,9-12,22H,7-8H2,1-3H3,(H,18,19)(H,20,21). The first-order valence-corrected chi connectivity index (χ1v) is 7.46. The van der Waals surface area contributed by atoms with E-state index in [-0.39, 0.29) is 11.9 Å². The van der Waals surface area contributed by atoms with Gasteiger partial charge in [0, 0.05) is 18.0 Å². The summed E-state index contributed by atoms with van der Waals surface area (Å²) in [5.41, 5.74) is 0.957. The Morgan fingerprint density at radius 1 is 1.45 bits per heavy atom. The molecule has 0 aliphatic rings. The van der Waals surface area contributed by atoms with Crippen molar-refractivity contribution in [1.29, 1.82) is 0 Å². The van der Waals surface area contributed by atoms with E-state index in [4.69, 9.17) is 0 Å². The van der Waals surface area contributed by atoms with Crippen molar-refractivity contribution < 1.29 is 9.90 Å². The SMILES string of the molecule is CC(NC(=O)c1cccc(CCC(C)(C)O)c1)c1ncc[nH]1. The van der Waals surface area contributed by atoms with Crippen LogP contribution in [0.2, 0.25) is 0 Å². The molecular formula is C17H23N3O2. The number of hydrogen-bond donors (Lipinski definition) is 3. The van der Waals surface area contributed by atoms with Crippen LogP contribution in [0.25, 0.3) is 0 Å². The van der Waals surface area contributed by atoms with E-state index in [2.05, 4.69) is 15.3 Å². The molecule has 2 aromatic rings. The minimum absolute atomic E-state index is 0.131. The first-order valence-electron chi connectivity index (χ1n) is 7.46. The number of aryl methyl sites for hydroxylation is 1. The van der Waals surface area contributed by atoms with Crippen molar-refractivity contribution in [2.45, 2.75) is 45.3 Å². The van der Waals surface area contributed by atoms with Gasteiger partial charge in [-0.25, -0.2) is 4.98 Å². The average Bonchev–Trinajstić information content (AvgIpc) is 2.99. The maximum Gasteiger partial charge on any atom is 0.251 e. The van der Waals surface area contributed by atoms with Crippen LogP contribution in [-0.2, 0) is 6.42 Å². The minimum Gasteiger partial charge on any atom is -0.390 e. The second-order valence-corrected chi connectivity index (χ2v) is 6.18. The lowest BCUT2D eigenvalue weighted by molar-refractivity contribution is 0.0714. The fourth-order valence-electron chi connectivity index (χ4n) is 2.18. The van der Waals surface area contributed by atoms with Gasteiger partial charge in [0.1, 0.15) is 5.82 Å². The van der Waals surface area contributed by atoms with Crippen molar-refractivity contribution in [2.75, 3.05) is 0 Å². The van der Waals surface area contributed by atoms with Gasteiger partial charge in [-0.3, -0.25) is 4.79 Å². The molecule has 1 aromatic carbocycles. The Labute approximate surface area is 130 Å². The number of aromatic amines is 1. The van der Waals surface area contributed by atoms with Crippen LogP contribution in [0.3, 0.4) is 0 Å². The molecule has 0 bridgehead atoms. The largest absolute Gasteiger partial charge is 0.390 e. The third-order valence-electron chi connectivity index (χ3n) is 3.49. The van der Waals surface area contributed by atoms with E-state index in [1.54, 1.807) is 32.3 Å². The Kier molecular flexibility index (Phi) is 4.98. The molecule has 22 heavy (non-hydrogen) atoms. The number of benzene rings is 1. The summed E-state index contributed by atoms with van der Waals surface area (Å²) in [4.78, 5) is 19.4. The number of aromatic nitrogens is 2. The van der Waals surface area contributed by atoms with Crippen LogP contribution in [0.4, 0.5) is 0 Å². The van der Waals surface area contributed by atoms with Crippen molar-refractivity contribution in [3.05, 3.63) is 53.6 Å². The summed E-state index contributed by atoms with van der Waals surface area (Å²) in [6, 6.07) is 7.32. The van der Waals surface area contributed by atoms with Crippen LogP contribution < -0.4 is 5.32 Å². The Morgan fingerprint density at radius 2 is 2.23 bits per heavy atom. The highest BCUT2D eigenvalue weighted by Crippen LogP contribution is 2.15. The lowest BCUT2D eigenvalue weighted by atomic mass is 9.98. The number of nitrogens with one attached hydrogen (secondary N) is 2. The molecule has 0 aliphatic carbocycles. The number of carbonyl (C=O) groups is 1. The molecule has 1 heterocycles. The van der Waals surface area contributed by atoms with Gasteiger partial charge < -0.3 is 15.4 Å². The van der Waals surface area contributed by atoms with Crippen LogP contribution in [0, 0.1) is 0 Å². The van der Waals surface area contributed by atoms with E-state index in [1.165, 1.54) is 0 Å². The zero-order chi connectivity index (χ0) is 16.2. The summed E-state index contributed by atoms with van der Waals surface area (Å²) >= 11 is 0. The number of H-pyrrole nitrogens is 1. The van der Waals surface area contributed by atoms with Crippen molar-refractivity contribution in [1.82, 2.24) is 15.3 Å². The summed E-state index contributed by atoms with van der Waals surface area (Å²) < 4.78 is 0. The molecule has 0 aliphatic heterocycles. The molecule has 0 radical (unpaired) electrons. The van der Waals surface area contributed by atoms with Gasteiger partial charge in [-0.15, -0.1) is 0 Å². The van der Waals surface area contributed by atoms with Crippen molar-refractivity contribution in [3.8, 4) is 0 Å². The normalized spacial score (nSPS) is 12.9. The third-order valence-corrected chi connectivity index (χ3v) is 3.49. The number of nitrogens with zero attached hydrogens (tertiary/aromatic N) is 1. The van der Waals surface area contributed by atoms with E-state index in [1.807, 2.05) is 25.1 Å². The van der Waals surface area contributed by atoms with Gasteiger partial charge in [-0.2, -0.15) is 0 Å². The van der Waals surface area contributed by atoms with Crippen molar-refractivity contribution in [3.63, 3.8) is 0 Å². The molecule has 3 N–H and O–H groups in total. The van der Waals surface area contributed by atoms with Gasteiger partial charge in [0.2, 0.25) is 0 Å². The van der Waals surface area contributed by atoms with Gasteiger partial charge in [0.15, 0.2) is 0 Å².